The molecule has 1 atom stereocenters. The normalized spacial score (nSPS) is 24.4. The molecule has 0 bridgehead atoms. The maximum absolute atomic E-state index is 12.1. The van der Waals surface area contributed by atoms with E-state index in [9.17, 15) is 9.59 Å². The Balaban J connectivity index is 1.76. The predicted molar refractivity (Wildman–Crippen MR) is 72.0 cm³/mol. The van der Waals surface area contributed by atoms with Gasteiger partial charge in [0.15, 0.2) is 0 Å². The van der Waals surface area contributed by atoms with Gasteiger partial charge in [-0.15, -0.1) is 0 Å². The van der Waals surface area contributed by atoms with Gasteiger partial charge < -0.3 is 15.3 Å². The van der Waals surface area contributed by atoms with Gasteiger partial charge in [0, 0.05) is 19.1 Å². The number of likely N-dealkylation sites (tertiary alicyclic amines) is 1. The molecule has 0 radical (unpaired) electrons. The van der Waals surface area contributed by atoms with E-state index >= 15 is 0 Å². The van der Waals surface area contributed by atoms with Crippen LogP contribution in [0.2, 0.25) is 0 Å². The summed E-state index contributed by atoms with van der Waals surface area (Å²) in [5.41, 5.74) is 0. The lowest BCUT2D eigenvalue weighted by atomic mass is 9.89. The number of aliphatic carboxylic acids is 1. The van der Waals surface area contributed by atoms with Gasteiger partial charge in [-0.2, -0.15) is 0 Å². The number of hydrogen-bond acceptors (Lipinski definition) is 2. The molecular weight excluding hydrogens is 244 g/mol. The van der Waals surface area contributed by atoms with E-state index in [-0.39, 0.29) is 18.5 Å². The molecule has 0 aromatic carbocycles. The van der Waals surface area contributed by atoms with E-state index in [2.05, 4.69) is 5.32 Å². The van der Waals surface area contributed by atoms with Crippen molar-refractivity contribution in [2.75, 3.05) is 13.1 Å². The molecule has 5 nitrogen and oxygen atoms in total. The third-order valence-corrected chi connectivity index (χ3v) is 4.31. The van der Waals surface area contributed by atoms with Crippen LogP contribution >= 0.6 is 0 Å². The van der Waals surface area contributed by atoms with Crippen molar-refractivity contribution in [1.82, 2.24) is 10.2 Å². The van der Waals surface area contributed by atoms with Gasteiger partial charge in [-0.05, 0) is 31.6 Å². The number of carbonyl (C=O) groups excluding carboxylic acids is 1. The number of amides is 2. The fourth-order valence-corrected chi connectivity index (χ4v) is 3.24. The summed E-state index contributed by atoms with van der Waals surface area (Å²) in [6.45, 7) is 1.43. The summed E-state index contributed by atoms with van der Waals surface area (Å²) in [4.78, 5) is 24.6. The van der Waals surface area contributed by atoms with Gasteiger partial charge >= 0.3 is 12.0 Å². The smallest absolute Gasteiger partial charge is 0.317 e. The number of carboxylic acid groups (broad SMARTS) is 1. The third kappa shape index (κ3) is 4.11. The number of rotatable bonds is 4. The summed E-state index contributed by atoms with van der Waals surface area (Å²) in [5.74, 6) is -0.213. The lowest BCUT2D eigenvalue weighted by Gasteiger charge is -2.26. The molecule has 0 aromatic rings. The van der Waals surface area contributed by atoms with Crippen LogP contribution in [0.5, 0.6) is 0 Å². The Morgan fingerprint density at radius 3 is 2.53 bits per heavy atom. The maximum Gasteiger partial charge on any atom is 0.317 e. The van der Waals surface area contributed by atoms with Crippen molar-refractivity contribution in [1.29, 1.82) is 0 Å². The van der Waals surface area contributed by atoms with E-state index in [1.165, 1.54) is 32.1 Å². The number of urea groups is 1. The molecule has 2 N–H and O–H groups in total. The highest BCUT2D eigenvalue weighted by molar-refractivity contribution is 5.76. The SMILES string of the molecule is O=C(O)CC1CCCN1C(=O)NCC1CCCCC1. The molecule has 2 aliphatic rings. The molecule has 0 spiro atoms. The van der Waals surface area contributed by atoms with E-state index in [1.54, 1.807) is 4.90 Å². The molecule has 2 rings (SSSR count). The second kappa shape index (κ2) is 6.78. The molecule has 1 saturated carbocycles. The van der Waals surface area contributed by atoms with Crippen LogP contribution in [0.15, 0.2) is 0 Å². The highest BCUT2D eigenvalue weighted by atomic mass is 16.4. The van der Waals surface area contributed by atoms with Crippen LogP contribution in [-0.2, 0) is 4.79 Å². The zero-order valence-corrected chi connectivity index (χ0v) is 11.4. The summed E-state index contributed by atoms with van der Waals surface area (Å²) in [6, 6.07) is -0.196. The second-order valence-corrected chi connectivity index (χ2v) is 5.78. The first-order valence-electron chi connectivity index (χ1n) is 7.43. The summed E-state index contributed by atoms with van der Waals surface area (Å²) < 4.78 is 0. The molecule has 2 amide bonds. The Hall–Kier alpha value is -1.26. The Morgan fingerprint density at radius 1 is 1.11 bits per heavy atom. The van der Waals surface area contributed by atoms with Crippen molar-refractivity contribution >= 4 is 12.0 Å². The highest BCUT2D eigenvalue weighted by Gasteiger charge is 2.30. The first-order valence-corrected chi connectivity index (χ1v) is 7.43. The molecule has 1 aliphatic carbocycles. The van der Waals surface area contributed by atoms with Crippen LogP contribution in [0.3, 0.4) is 0 Å². The second-order valence-electron chi connectivity index (χ2n) is 5.78. The number of hydrogen-bond donors (Lipinski definition) is 2. The van der Waals surface area contributed by atoms with Crippen LogP contribution in [-0.4, -0.2) is 41.1 Å². The largest absolute Gasteiger partial charge is 0.481 e. The molecular formula is C14H24N2O3. The van der Waals surface area contributed by atoms with Crippen LogP contribution in [0, 0.1) is 5.92 Å². The standard InChI is InChI=1S/C14H24N2O3/c17-13(18)9-12-7-4-8-16(12)14(19)15-10-11-5-2-1-3-6-11/h11-12H,1-10H2,(H,15,19)(H,17,18). The lowest BCUT2D eigenvalue weighted by molar-refractivity contribution is -0.137. The van der Waals surface area contributed by atoms with Crippen molar-refractivity contribution in [2.24, 2.45) is 5.92 Å². The number of nitrogens with one attached hydrogen (secondary N) is 1. The molecule has 0 aromatic heterocycles. The fourth-order valence-electron chi connectivity index (χ4n) is 3.24. The number of carbonyl (C=O) groups is 2. The van der Waals surface area contributed by atoms with Crippen molar-refractivity contribution < 1.29 is 14.7 Å². The van der Waals surface area contributed by atoms with Crippen molar-refractivity contribution in [3.8, 4) is 0 Å². The number of carboxylic acids is 1. The molecule has 108 valence electrons. The predicted octanol–water partition coefficient (Wildman–Crippen LogP) is 2.22. The van der Waals surface area contributed by atoms with Crippen molar-refractivity contribution in [3.05, 3.63) is 0 Å². The van der Waals surface area contributed by atoms with Gasteiger partial charge in [0.05, 0.1) is 6.42 Å². The number of nitrogens with zero attached hydrogens (tertiary/aromatic N) is 1. The highest BCUT2D eigenvalue weighted by Crippen LogP contribution is 2.23. The Bertz CT molecular complexity index is 327. The Labute approximate surface area is 114 Å². The monoisotopic (exact) mass is 268 g/mol. The molecule has 5 heteroatoms. The molecule has 1 aliphatic heterocycles. The molecule has 1 heterocycles. The summed E-state index contributed by atoms with van der Waals surface area (Å²) in [5, 5.41) is 11.8. The first-order chi connectivity index (χ1) is 9.16. The average Bonchev–Trinajstić information content (AvgIpc) is 2.84. The topological polar surface area (TPSA) is 69.6 Å². The molecule has 2 fully saturated rings. The van der Waals surface area contributed by atoms with E-state index in [0.717, 1.165) is 19.4 Å². The van der Waals surface area contributed by atoms with E-state index in [4.69, 9.17) is 5.11 Å². The first kappa shape index (κ1) is 14.2. The van der Waals surface area contributed by atoms with Gasteiger partial charge in [-0.25, -0.2) is 4.79 Å². The van der Waals surface area contributed by atoms with Crippen LogP contribution < -0.4 is 5.32 Å². The minimum atomic E-state index is -0.822. The van der Waals surface area contributed by atoms with E-state index < -0.39 is 5.97 Å². The minimum Gasteiger partial charge on any atom is -0.481 e. The maximum atomic E-state index is 12.1. The van der Waals surface area contributed by atoms with Gasteiger partial charge in [0.25, 0.3) is 0 Å². The van der Waals surface area contributed by atoms with E-state index in [1.807, 2.05) is 0 Å². The molecule has 19 heavy (non-hydrogen) atoms. The summed E-state index contributed by atoms with van der Waals surface area (Å²) in [6.07, 6.45) is 8.06. The Kier molecular flexibility index (Phi) is 5.05. The quantitative estimate of drug-likeness (QED) is 0.821. The minimum absolute atomic E-state index is 0.0663. The van der Waals surface area contributed by atoms with Crippen molar-refractivity contribution in [2.45, 2.75) is 57.4 Å². The van der Waals surface area contributed by atoms with Crippen LogP contribution in [0.4, 0.5) is 4.79 Å². The summed E-state index contributed by atoms with van der Waals surface area (Å²) >= 11 is 0. The van der Waals surface area contributed by atoms with Crippen molar-refractivity contribution in [3.63, 3.8) is 0 Å². The lowest BCUT2D eigenvalue weighted by Crippen LogP contribution is -2.45. The fraction of sp³-hybridized carbons (Fsp3) is 0.857. The molecule has 1 unspecified atom stereocenters. The zero-order valence-electron chi connectivity index (χ0n) is 11.4. The Morgan fingerprint density at radius 2 is 1.84 bits per heavy atom. The summed E-state index contributed by atoms with van der Waals surface area (Å²) in [7, 11) is 0. The van der Waals surface area contributed by atoms with Crippen LogP contribution in [0.25, 0.3) is 0 Å². The third-order valence-electron chi connectivity index (χ3n) is 4.31. The molecule has 1 saturated heterocycles. The average molecular weight is 268 g/mol. The zero-order chi connectivity index (χ0) is 13.7. The van der Waals surface area contributed by atoms with Gasteiger partial charge in [0.1, 0.15) is 0 Å². The van der Waals surface area contributed by atoms with E-state index in [0.29, 0.717) is 12.5 Å². The van der Waals surface area contributed by atoms with Gasteiger partial charge in [-0.1, -0.05) is 19.3 Å². The van der Waals surface area contributed by atoms with Gasteiger partial charge in [0.2, 0.25) is 0 Å². The van der Waals surface area contributed by atoms with Gasteiger partial charge in [-0.3, -0.25) is 4.79 Å². The van der Waals surface area contributed by atoms with Crippen LogP contribution in [0.1, 0.15) is 51.4 Å².